The van der Waals surface area contributed by atoms with Gasteiger partial charge in [-0.25, -0.2) is 4.39 Å². The Morgan fingerprint density at radius 1 is 1.54 bits per heavy atom. The molecule has 0 saturated heterocycles. The molecule has 1 atom stereocenters. The molecule has 0 bridgehead atoms. The van der Waals surface area contributed by atoms with Crippen molar-refractivity contribution in [2.45, 2.75) is 4.90 Å². The summed E-state index contributed by atoms with van der Waals surface area (Å²) in [6, 6.07) is 3.93. The zero-order valence-corrected chi connectivity index (χ0v) is 10.1. The van der Waals surface area contributed by atoms with Gasteiger partial charge in [-0.3, -0.25) is 4.21 Å². The van der Waals surface area contributed by atoms with Crippen LogP contribution < -0.4 is 34.3 Å². The molecule has 0 aliphatic heterocycles. The van der Waals surface area contributed by atoms with Crippen LogP contribution in [0, 0.1) is 5.82 Å². The summed E-state index contributed by atoms with van der Waals surface area (Å²) >= 11 is -2.56. The van der Waals surface area contributed by atoms with Crippen LogP contribution >= 0.6 is 0 Å². The van der Waals surface area contributed by atoms with Gasteiger partial charge in [0.1, 0.15) is 0 Å². The Kier molecular flexibility index (Phi) is 5.75. The Morgan fingerprint density at radius 3 is 2.62 bits per heavy atom. The minimum atomic E-state index is -2.56. The van der Waals surface area contributed by atoms with Crippen LogP contribution in [0.5, 0.6) is 5.75 Å². The fourth-order valence-corrected chi connectivity index (χ4v) is 1.21. The van der Waals surface area contributed by atoms with Crippen molar-refractivity contribution in [2.75, 3.05) is 7.11 Å². The van der Waals surface area contributed by atoms with Crippen LogP contribution in [-0.2, 0) is 11.1 Å². The second-order valence-corrected chi connectivity index (χ2v) is 2.92. The van der Waals surface area contributed by atoms with Gasteiger partial charge in [0.15, 0.2) is 11.6 Å². The van der Waals surface area contributed by atoms with E-state index in [9.17, 15) is 13.2 Å². The van der Waals surface area contributed by atoms with E-state index in [1.165, 1.54) is 25.3 Å². The van der Waals surface area contributed by atoms with E-state index < -0.39 is 16.9 Å². The minimum Gasteiger partial charge on any atom is -0.768 e. The second kappa shape index (κ2) is 5.72. The zero-order chi connectivity index (χ0) is 9.14. The molecule has 1 aromatic carbocycles. The predicted octanol–water partition coefficient (Wildman–Crippen LogP) is -1.92. The number of methoxy groups -OCH3 is 1. The van der Waals surface area contributed by atoms with Crippen LogP contribution in [-0.4, -0.2) is 15.9 Å². The fraction of sp³-hybridized carbons (Fsp3) is 0.143. The van der Waals surface area contributed by atoms with Gasteiger partial charge in [-0.15, -0.1) is 0 Å². The molecular weight excluding hydrogens is 206 g/mol. The Balaban J connectivity index is 0.00000144. The van der Waals surface area contributed by atoms with E-state index in [2.05, 4.69) is 4.74 Å². The molecule has 1 aromatic rings. The second-order valence-electron chi connectivity index (χ2n) is 2.01. The largest absolute Gasteiger partial charge is 1.00 e. The third kappa shape index (κ3) is 3.03. The summed E-state index contributed by atoms with van der Waals surface area (Å²) < 4.78 is 38.4. The molecule has 0 aromatic heterocycles. The first-order valence-corrected chi connectivity index (χ1v) is 4.16. The summed E-state index contributed by atoms with van der Waals surface area (Å²) in [5, 5.41) is 0. The summed E-state index contributed by atoms with van der Waals surface area (Å²) in [5.41, 5.74) is 0. The van der Waals surface area contributed by atoms with E-state index in [0.717, 1.165) is 0 Å². The summed E-state index contributed by atoms with van der Waals surface area (Å²) in [5.74, 6) is -0.926. The van der Waals surface area contributed by atoms with Crippen LogP contribution in [0.3, 0.4) is 0 Å². The molecule has 0 heterocycles. The average Bonchev–Trinajstić information content (AvgIpc) is 2.04. The minimum absolute atomic E-state index is 0. The molecule has 0 aliphatic rings. The van der Waals surface area contributed by atoms with Crippen molar-refractivity contribution in [3.63, 3.8) is 0 Å². The van der Waals surface area contributed by atoms with Crippen molar-refractivity contribution in [1.82, 2.24) is 0 Å². The molecule has 0 amide bonds. The van der Waals surface area contributed by atoms with E-state index in [1.807, 2.05) is 0 Å². The average molecular weight is 212 g/mol. The van der Waals surface area contributed by atoms with Gasteiger partial charge in [0.05, 0.1) is 12.0 Å². The number of benzene rings is 1. The number of hydrogen-bond donors (Lipinski definition) is 0. The molecule has 6 heteroatoms. The standard InChI is InChI=1S/C7H7FO3S.Na/c1-11-5-3-2-4-6(7(5)8)12(9)10;/h2-4H,1H3,(H,9,10);/q;+1/p-1. The van der Waals surface area contributed by atoms with Crippen LogP contribution in [0.2, 0.25) is 0 Å². The van der Waals surface area contributed by atoms with Crippen LogP contribution in [0.1, 0.15) is 0 Å². The quantitative estimate of drug-likeness (QED) is 0.424. The molecule has 3 nitrogen and oxygen atoms in total. The molecule has 13 heavy (non-hydrogen) atoms. The van der Waals surface area contributed by atoms with Crippen LogP contribution in [0.15, 0.2) is 23.1 Å². The molecule has 66 valence electrons. The third-order valence-electron chi connectivity index (χ3n) is 1.33. The van der Waals surface area contributed by atoms with Gasteiger partial charge < -0.3 is 9.29 Å². The monoisotopic (exact) mass is 212 g/mol. The van der Waals surface area contributed by atoms with Crippen molar-refractivity contribution in [2.24, 2.45) is 0 Å². The summed E-state index contributed by atoms with van der Waals surface area (Å²) in [6.07, 6.45) is 0. The Morgan fingerprint density at radius 2 is 2.15 bits per heavy atom. The number of hydrogen-bond acceptors (Lipinski definition) is 3. The molecule has 0 fully saturated rings. The summed E-state index contributed by atoms with van der Waals surface area (Å²) in [7, 11) is 1.27. The van der Waals surface area contributed by atoms with Gasteiger partial charge >= 0.3 is 29.6 Å². The Hall–Kier alpha value is 0.0600. The van der Waals surface area contributed by atoms with E-state index in [4.69, 9.17) is 0 Å². The summed E-state index contributed by atoms with van der Waals surface area (Å²) in [4.78, 5) is -0.380. The van der Waals surface area contributed by atoms with Crippen molar-refractivity contribution < 1.29 is 47.4 Å². The smallest absolute Gasteiger partial charge is 0.768 e. The van der Waals surface area contributed by atoms with E-state index in [0.29, 0.717) is 0 Å². The first-order chi connectivity index (χ1) is 5.66. The van der Waals surface area contributed by atoms with Gasteiger partial charge in [-0.1, -0.05) is 6.07 Å². The fourth-order valence-electron chi connectivity index (χ4n) is 0.777. The molecule has 0 aliphatic carbocycles. The predicted molar refractivity (Wildman–Crippen MR) is 40.1 cm³/mol. The van der Waals surface area contributed by atoms with Crippen molar-refractivity contribution in [3.05, 3.63) is 24.0 Å². The first-order valence-electron chi connectivity index (χ1n) is 3.08. The number of ether oxygens (including phenoxy) is 1. The molecule has 0 radical (unpaired) electrons. The van der Waals surface area contributed by atoms with E-state index >= 15 is 0 Å². The third-order valence-corrected chi connectivity index (χ3v) is 2.00. The Labute approximate surface area is 99.9 Å². The molecule has 1 unspecified atom stereocenters. The maximum absolute atomic E-state index is 13.0. The molecule has 0 spiro atoms. The normalized spacial score (nSPS) is 11.6. The van der Waals surface area contributed by atoms with Gasteiger partial charge in [-0.2, -0.15) is 0 Å². The Bertz CT molecular complexity index is 319. The zero-order valence-electron chi connectivity index (χ0n) is 7.24. The van der Waals surface area contributed by atoms with Gasteiger partial charge in [-0.05, 0) is 23.2 Å². The maximum atomic E-state index is 13.0. The first kappa shape index (κ1) is 13.1. The maximum Gasteiger partial charge on any atom is 1.00 e. The van der Waals surface area contributed by atoms with E-state index in [1.54, 1.807) is 0 Å². The van der Waals surface area contributed by atoms with Crippen molar-refractivity contribution in [1.29, 1.82) is 0 Å². The SMILES string of the molecule is COc1cccc(S(=O)[O-])c1F.[Na+]. The molecule has 0 saturated carbocycles. The molecule has 1 rings (SSSR count). The van der Waals surface area contributed by atoms with Crippen molar-refractivity contribution >= 4 is 11.1 Å². The number of halogens is 1. The molecular formula is C7H6FNaO3S. The van der Waals surface area contributed by atoms with Gasteiger partial charge in [0.25, 0.3) is 0 Å². The molecule has 0 N–H and O–H groups in total. The van der Waals surface area contributed by atoms with Crippen molar-refractivity contribution in [3.8, 4) is 5.75 Å². The van der Waals surface area contributed by atoms with E-state index in [-0.39, 0.29) is 40.2 Å². The van der Waals surface area contributed by atoms with Crippen LogP contribution in [0.4, 0.5) is 4.39 Å². The summed E-state index contributed by atoms with van der Waals surface area (Å²) in [6.45, 7) is 0. The van der Waals surface area contributed by atoms with Gasteiger partial charge in [0.2, 0.25) is 0 Å². The topological polar surface area (TPSA) is 49.4 Å². The van der Waals surface area contributed by atoms with Crippen LogP contribution in [0.25, 0.3) is 0 Å². The number of rotatable bonds is 2. The van der Waals surface area contributed by atoms with Gasteiger partial charge in [0, 0.05) is 0 Å².